The van der Waals surface area contributed by atoms with E-state index in [0.29, 0.717) is 11.5 Å². The van der Waals surface area contributed by atoms with Crippen LogP contribution < -0.4 is 5.32 Å². The van der Waals surface area contributed by atoms with E-state index >= 15 is 0 Å². The summed E-state index contributed by atoms with van der Waals surface area (Å²) >= 11 is 0. The second-order valence-corrected chi connectivity index (χ2v) is 7.15. The number of hydrogen-bond acceptors (Lipinski definition) is 5. The Balaban J connectivity index is 1.71. The molecule has 0 aliphatic heterocycles. The molecule has 0 saturated heterocycles. The van der Waals surface area contributed by atoms with Gasteiger partial charge in [-0.15, -0.1) is 0 Å². The first kappa shape index (κ1) is 20.3. The van der Waals surface area contributed by atoms with E-state index in [9.17, 15) is 9.59 Å². The summed E-state index contributed by atoms with van der Waals surface area (Å²) in [7, 11) is 0. The quantitative estimate of drug-likeness (QED) is 0.605. The number of benzene rings is 2. The average molecular weight is 392 g/mol. The van der Waals surface area contributed by atoms with Crippen LogP contribution in [-0.4, -0.2) is 23.6 Å². The third-order valence-corrected chi connectivity index (χ3v) is 4.64. The Morgan fingerprint density at radius 1 is 1.07 bits per heavy atom. The molecule has 3 aromatic rings. The van der Waals surface area contributed by atoms with Gasteiger partial charge in [-0.2, -0.15) is 0 Å². The summed E-state index contributed by atoms with van der Waals surface area (Å²) in [5, 5.41) is 6.83. The lowest BCUT2D eigenvalue weighted by Gasteiger charge is -2.16. The normalized spacial score (nSPS) is 10.8. The number of nitrogens with one attached hydrogen (secondary N) is 1. The number of ether oxygens (including phenoxy) is 1. The molecule has 0 spiro atoms. The van der Waals surface area contributed by atoms with Gasteiger partial charge in [0.05, 0.1) is 0 Å². The molecule has 1 heterocycles. The molecule has 29 heavy (non-hydrogen) atoms. The summed E-state index contributed by atoms with van der Waals surface area (Å²) in [6.07, 6.45) is 0. The van der Waals surface area contributed by atoms with Crippen LogP contribution in [0.5, 0.6) is 0 Å². The molecule has 0 aliphatic rings. The van der Waals surface area contributed by atoms with Crippen molar-refractivity contribution in [2.24, 2.45) is 0 Å². The number of rotatable bonds is 6. The maximum absolute atomic E-state index is 12.6. The summed E-state index contributed by atoms with van der Waals surface area (Å²) < 4.78 is 10.4. The Hall–Kier alpha value is -3.41. The van der Waals surface area contributed by atoms with Crippen LogP contribution in [-0.2, 0) is 9.53 Å². The van der Waals surface area contributed by atoms with Crippen molar-refractivity contribution in [2.45, 2.75) is 33.6 Å². The molecule has 1 N–H and O–H groups in total. The van der Waals surface area contributed by atoms with Gasteiger partial charge in [-0.25, -0.2) is 4.79 Å². The van der Waals surface area contributed by atoms with Gasteiger partial charge in [-0.05, 0) is 30.9 Å². The second-order valence-electron chi connectivity index (χ2n) is 7.15. The number of carbonyl (C=O) groups is 2. The zero-order valence-corrected chi connectivity index (χ0v) is 17.0. The Morgan fingerprint density at radius 2 is 1.79 bits per heavy atom. The Bertz CT molecular complexity index is 1020. The number of para-hydroxylation sites is 1. The third-order valence-electron chi connectivity index (χ3n) is 4.64. The predicted molar refractivity (Wildman–Crippen MR) is 111 cm³/mol. The standard InChI is InChI=1S/C23H24N2O4/c1-14(2)18-12-8-9-15(3)21(18)24-19(26)13-28-23(27)20-16(4)29-25-22(20)17-10-6-5-7-11-17/h5-12,14H,13H2,1-4H3,(H,24,26). The van der Waals surface area contributed by atoms with E-state index in [1.165, 1.54) is 0 Å². The zero-order chi connectivity index (χ0) is 21.0. The van der Waals surface area contributed by atoms with Crippen molar-refractivity contribution in [3.8, 4) is 11.3 Å². The number of hydrogen-bond donors (Lipinski definition) is 1. The van der Waals surface area contributed by atoms with E-state index in [1.807, 2.05) is 55.5 Å². The van der Waals surface area contributed by atoms with Crippen LogP contribution in [0.3, 0.4) is 0 Å². The van der Waals surface area contributed by atoms with Crippen molar-refractivity contribution in [2.75, 3.05) is 11.9 Å². The molecule has 0 unspecified atom stereocenters. The lowest BCUT2D eigenvalue weighted by molar-refractivity contribution is -0.119. The van der Waals surface area contributed by atoms with E-state index in [1.54, 1.807) is 6.92 Å². The van der Waals surface area contributed by atoms with Gasteiger partial charge in [0.1, 0.15) is 17.0 Å². The average Bonchev–Trinajstić information content (AvgIpc) is 3.09. The topological polar surface area (TPSA) is 81.4 Å². The van der Waals surface area contributed by atoms with E-state index in [-0.39, 0.29) is 11.5 Å². The van der Waals surface area contributed by atoms with Crippen LogP contribution in [0.25, 0.3) is 11.3 Å². The minimum atomic E-state index is -0.647. The fourth-order valence-corrected chi connectivity index (χ4v) is 3.13. The van der Waals surface area contributed by atoms with E-state index in [4.69, 9.17) is 9.26 Å². The van der Waals surface area contributed by atoms with Crippen LogP contribution >= 0.6 is 0 Å². The summed E-state index contributed by atoms with van der Waals surface area (Å²) in [6.45, 7) is 7.29. The van der Waals surface area contributed by atoms with Crippen molar-refractivity contribution < 1.29 is 18.8 Å². The number of aromatic nitrogens is 1. The summed E-state index contributed by atoms with van der Waals surface area (Å²) in [5.41, 5.74) is 4.11. The van der Waals surface area contributed by atoms with Gasteiger partial charge in [-0.3, -0.25) is 4.79 Å². The Morgan fingerprint density at radius 3 is 2.48 bits per heavy atom. The zero-order valence-electron chi connectivity index (χ0n) is 17.0. The number of carbonyl (C=O) groups excluding carboxylic acids is 2. The van der Waals surface area contributed by atoms with Gasteiger partial charge in [0, 0.05) is 11.3 Å². The first-order valence-corrected chi connectivity index (χ1v) is 9.46. The highest BCUT2D eigenvalue weighted by molar-refractivity contribution is 5.99. The molecule has 3 rings (SSSR count). The van der Waals surface area contributed by atoms with Crippen molar-refractivity contribution in [1.29, 1.82) is 0 Å². The largest absolute Gasteiger partial charge is 0.452 e. The summed E-state index contributed by atoms with van der Waals surface area (Å²) in [4.78, 5) is 25.0. The van der Waals surface area contributed by atoms with Crippen LogP contribution in [0, 0.1) is 13.8 Å². The molecule has 2 aromatic carbocycles. The fraction of sp³-hybridized carbons (Fsp3) is 0.261. The molecular weight excluding hydrogens is 368 g/mol. The maximum atomic E-state index is 12.6. The van der Waals surface area contributed by atoms with Crippen LogP contribution in [0.2, 0.25) is 0 Å². The van der Waals surface area contributed by atoms with Crippen molar-refractivity contribution >= 4 is 17.6 Å². The van der Waals surface area contributed by atoms with Crippen LogP contribution in [0.15, 0.2) is 53.1 Å². The number of nitrogens with zero attached hydrogens (tertiary/aromatic N) is 1. The van der Waals surface area contributed by atoms with Crippen molar-refractivity contribution in [1.82, 2.24) is 5.16 Å². The smallest absolute Gasteiger partial charge is 0.344 e. The first-order valence-electron chi connectivity index (χ1n) is 9.46. The molecule has 0 atom stereocenters. The maximum Gasteiger partial charge on any atom is 0.344 e. The molecule has 1 amide bonds. The number of anilines is 1. The number of esters is 1. The van der Waals surface area contributed by atoms with Gasteiger partial charge in [0.15, 0.2) is 6.61 Å². The molecule has 150 valence electrons. The Kier molecular flexibility index (Phi) is 6.12. The van der Waals surface area contributed by atoms with Gasteiger partial charge in [0.2, 0.25) is 0 Å². The number of amides is 1. The van der Waals surface area contributed by atoms with E-state index in [2.05, 4.69) is 24.3 Å². The molecule has 0 fully saturated rings. The minimum absolute atomic E-state index is 0.225. The molecule has 0 radical (unpaired) electrons. The third kappa shape index (κ3) is 4.54. The molecule has 0 bridgehead atoms. The van der Waals surface area contributed by atoms with Gasteiger partial charge >= 0.3 is 5.97 Å². The van der Waals surface area contributed by atoms with Crippen LogP contribution in [0.4, 0.5) is 5.69 Å². The monoisotopic (exact) mass is 392 g/mol. The summed E-state index contributed by atoms with van der Waals surface area (Å²) in [6, 6.07) is 15.1. The van der Waals surface area contributed by atoms with Gasteiger partial charge < -0.3 is 14.6 Å². The highest BCUT2D eigenvalue weighted by atomic mass is 16.5. The molecule has 0 aliphatic carbocycles. The SMILES string of the molecule is Cc1cccc(C(C)C)c1NC(=O)COC(=O)c1c(-c2ccccc2)noc1C. The van der Waals surface area contributed by atoms with Crippen molar-refractivity contribution in [3.63, 3.8) is 0 Å². The highest BCUT2D eigenvalue weighted by Gasteiger charge is 2.24. The highest BCUT2D eigenvalue weighted by Crippen LogP contribution is 2.28. The molecule has 6 nitrogen and oxygen atoms in total. The lowest BCUT2D eigenvalue weighted by Crippen LogP contribution is -2.22. The predicted octanol–water partition coefficient (Wildman–Crippen LogP) is 4.88. The molecule has 1 aromatic heterocycles. The number of aryl methyl sites for hydroxylation is 2. The van der Waals surface area contributed by atoms with Crippen LogP contribution in [0.1, 0.15) is 47.0 Å². The van der Waals surface area contributed by atoms with Gasteiger partial charge in [0.25, 0.3) is 5.91 Å². The van der Waals surface area contributed by atoms with E-state index in [0.717, 1.165) is 22.4 Å². The fourth-order valence-electron chi connectivity index (χ4n) is 3.13. The first-order chi connectivity index (χ1) is 13.9. The molecule has 0 saturated carbocycles. The molecule has 6 heteroatoms. The van der Waals surface area contributed by atoms with Gasteiger partial charge in [-0.1, -0.05) is 67.5 Å². The Labute approximate surface area is 169 Å². The lowest BCUT2D eigenvalue weighted by atomic mass is 9.98. The second kappa shape index (κ2) is 8.73. The minimum Gasteiger partial charge on any atom is -0.452 e. The molecular formula is C23H24N2O4. The van der Waals surface area contributed by atoms with E-state index < -0.39 is 18.5 Å². The summed E-state index contributed by atoms with van der Waals surface area (Å²) in [5.74, 6) is -0.451. The van der Waals surface area contributed by atoms with Crippen molar-refractivity contribution in [3.05, 3.63) is 71.0 Å².